The maximum Gasteiger partial charge on any atom is 0.216 e. The number of nitrogens with one attached hydrogen (secondary N) is 1. The average Bonchev–Trinajstić information content (AvgIpc) is 2.48. The molecule has 0 bridgehead atoms. The first-order chi connectivity index (χ1) is 9.22. The fourth-order valence-corrected chi connectivity index (χ4v) is 1.32. The van der Waals surface area contributed by atoms with E-state index in [2.05, 4.69) is 41.7 Å². The Kier molecular flexibility index (Phi) is 6.73. The van der Waals surface area contributed by atoms with Gasteiger partial charge in [-0.1, -0.05) is 72.8 Å². The van der Waals surface area contributed by atoms with Crippen molar-refractivity contribution in [1.82, 2.24) is 5.32 Å². The molecule has 19 heavy (non-hydrogen) atoms. The molecule has 0 saturated carbocycles. The van der Waals surface area contributed by atoms with Crippen molar-refractivity contribution in [2.24, 2.45) is 0 Å². The van der Waals surface area contributed by atoms with Gasteiger partial charge in [0.15, 0.2) is 0 Å². The van der Waals surface area contributed by atoms with Crippen LogP contribution < -0.4 is 5.32 Å². The molecule has 2 aromatic carbocycles. The van der Waals surface area contributed by atoms with E-state index < -0.39 is 0 Å². The Morgan fingerprint density at radius 3 is 1.42 bits per heavy atom. The second kappa shape index (κ2) is 8.70. The molecule has 2 rings (SSSR count). The first kappa shape index (κ1) is 14.7. The molecule has 0 saturated heterocycles. The van der Waals surface area contributed by atoms with Crippen LogP contribution in [0.15, 0.2) is 60.7 Å². The summed E-state index contributed by atoms with van der Waals surface area (Å²) in [5, 5.41) is 2.39. The van der Waals surface area contributed by atoms with Crippen molar-refractivity contribution in [3.63, 3.8) is 0 Å². The highest BCUT2D eigenvalue weighted by atomic mass is 16.1. The molecule has 2 aromatic rings. The zero-order valence-corrected chi connectivity index (χ0v) is 11.3. The highest BCUT2D eigenvalue weighted by Gasteiger charge is 1.84. The topological polar surface area (TPSA) is 29.1 Å². The zero-order valence-electron chi connectivity index (χ0n) is 11.3. The van der Waals surface area contributed by atoms with Gasteiger partial charge in [0, 0.05) is 14.0 Å². The van der Waals surface area contributed by atoms with Crippen molar-refractivity contribution in [2.45, 2.75) is 6.92 Å². The predicted octanol–water partition coefficient (Wildman–Crippen LogP) is 3.61. The second-order valence-electron chi connectivity index (χ2n) is 3.96. The summed E-state index contributed by atoms with van der Waals surface area (Å²) in [6, 6.07) is 20.6. The Labute approximate surface area is 114 Å². The van der Waals surface area contributed by atoms with Crippen molar-refractivity contribution < 1.29 is 4.79 Å². The largest absolute Gasteiger partial charge is 0.359 e. The number of amides is 1. The molecule has 0 radical (unpaired) electrons. The molecule has 0 aliphatic carbocycles. The van der Waals surface area contributed by atoms with Crippen LogP contribution in [0, 0.1) is 0 Å². The van der Waals surface area contributed by atoms with Crippen LogP contribution in [-0.4, -0.2) is 13.0 Å². The molecule has 1 N–H and O–H groups in total. The average molecular weight is 253 g/mol. The summed E-state index contributed by atoms with van der Waals surface area (Å²) >= 11 is 0. The van der Waals surface area contributed by atoms with Gasteiger partial charge in [0.2, 0.25) is 5.91 Å². The summed E-state index contributed by atoms with van der Waals surface area (Å²) < 4.78 is 0. The lowest BCUT2D eigenvalue weighted by Gasteiger charge is -1.92. The van der Waals surface area contributed by atoms with Crippen LogP contribution in [0.25, 0.3) is 12.2 Å². The summed E-state index contributed by atoms with van der Waals surface area (Å²) in [4.78, 5) is 9.70. The van der Waals surface area contributed by atoms with Crippen LogP contribution in [0.4, 0.5) is 0 Å². The van der Waals surface area contributed by atoms with Gasteiger partial charge in [-0.2, -0.15) is 0 Å². The van der Waals surface area contributed by atoms with Crippen LogP contribution in [-0.2, 0) is 4.79 Å². The molecule has 0 unspecified atom stereocenters. The van der Waals surface area contributed by atoms with E-state index in [0.29, 0.717) is 0 Å². The Morgan fingerprint density at radius 2 is 1.16 bits per heavy atom. The third-order valence-corrected chi connectivity index (χ3v) is 2.42. The van der Waals surface area contributed by atoms with Gasteiger partial charge < -0.3 is 5.32 Å². The third-order valence-electron chi connectivity index (χ3n) is 2.42. The van der Waals surface area contributed by atoms with Gasteiger partial charge in [-0.05, 0) is 11.1 Å². The Hall–Kier alpha value is -2.35. The standard InChI is InChI=1S/C14H12.C3H7NO/c1-3-7-13(8-4-1)11-12-14-9-5-2-6-10-14;1-3(5)4-2/h1-12H;1-2H3,(H,4,5)/b12-11+;. The lowest BCUT2D eigenvalue weighted by molar-refractivity contribution is -0.118. The van der Waals surface area contributed by atoms with E-state index in [-0.39, 0.29) is 5.91 Å². The van der Waals surface area contributed by atoms with E-state index >= 15 is 0 Å². The van der Waals surface area contributed by atoms with E-state index in [0.717, 1.165) is 0 Å². The van der Waals surface area contributed by atoms with Crippen LogP contribution in [0.5, 0.6) is 0 Å². The SMILES string of the molecule is C(=C\c1ccccc1)/c1ccccc1.CNC(C)=O. The van der Waals surface area contributed by atoms with Crippen molar-refractivity contribution in [3.8, 4) is 0 Å². The molecule has 0 aromatic heterocycles. The van der Waals surface area contributed by atoms with Crippen molar-refractivity contribution in [1.29, 1.82) is 0 Å². The maximum absolute atomic E-state index is 9.70. The fourth-order valence-electron chi connectivity index (χ4n) is 1.32. The number of hydrogen-bond acceptors (Lipinski definition) is 1. The van der Waals surface area contributed by atoms with Crippen LogP contribution in [0.3, 0.4) is 0 Å². The molecule has 98 valence electrons. The summed E-state index contributed by atoms with van der Waals surface area (Å²) in [5.41, 5.74) is 2.47. The van der Waals surface area contributed by atoms with Crippen molar-refractivity contribution >= 4 is 18.1 Å². The summed E-state index contributed by atoms with van der Waals surface area (Å²) in [6.07, 6.45) is 4.24. The third kappa shape index (κ3) is 6.84. The van der Waals surface area contributed by atoms with Gasteiger partial charge in [0.25, 0.3) is 0 Å². The molecule has 0 heterocycles. The predicted molar refractivity (Wildman–Crippen MR) is 81.6 cm³/mol. The second-order valence-corrected chi connectivity index (χ2v) is 3.96. The van der Waals surface area contributed by atoms with E-state index in [1.807, 2.05) is 36.4 Å². The molecule has 0 aliphatic heterocycles. The number of benzene rings is 2. The lowest BCUT2D eigenvalue weighted by atomic mass is 10.1. The number of carbonyl (C=O) groups is 1. The molecule has 0 spiro atoms. The molecule has 2 heteroatoms. The summed E-state index contributed by atoms with van der Waals surface area (Å²) in [6.45, 7) is 1.47. The highest BCUT2D eigenvalue weighted by Crippen LogP contribution is 2.06. The monoisotopic (exact) mass is 253 g/mol. The van der Waals surface area contributed by atoms with E-state index in [1.165, 1.54) is 18.1 Å². The normalized spacial score (nSPS) is 9.58. The molecule has 0 aliphatic rings. The van der Waals surface area contributed by atoms with E-state index in [4.69, 9.17) is 0 Å². The lowest BCUT2D eigenvalue weighted by Crippen LogP contribution is -2.11. The molecule has 1 amide bonds. The highest BCUT2D eigenvalue weighted by molar-refractivity contribution is 5.72. The van der Waals surface area contributed by atoms with Gasteiger partial charge in [-0.25, -0.2) is 0 Å². The van der Waals surface area contributed by atoms with Gasteiger partial charge in [0.05, 0.1) is 0 Å². The Bertz CT molecular complexity index is 462. The Morgan fingerprint density at radius 1 is 0.842 bits per heavy atom. The quantitative estimate of drug-likeness (QED) is 0.814. The Balaban J connectivity index is 0.000000312. The zero-order chi connectivity index (χ0) is 13.9. The van der Waals surface area contributed by atoms with Crippen molar-refractivity contribution in [3.05, 3.63) is 71.8 Å². The minimum absolute atomic E-state index is 0.00463. The minimum atomic E-state index is 0.00463. The fraction of sp³-hybridized carbons (Fsp3) is 0.118. The van der Waals surface area contributed by atoms with Crippen molar-refractivity contribution in [2.75, 3.05) is 7.05 Å². The summed E-state index contributed by atoms with van der Waals surface area (Å²) in [7, 11) is 1.60. The van der Waals surface area contributed by atoms with Gasteiger partial charge in [0.1, 0.15) is 0 Å². The molecule has 0 atom stereocenters. The number of rotatable bonds is 2. The van der Waals surface area contributed by atoms with E-state index in [9.17, 15) is 4.79 Å². The van der Waals surface area contributed by atoms with Gasteiger partial charge >= 0.3 is 0 Å². The molecular weight excluding hydrogens is 234 g/mol. The maximum atomic E-state index is 9.70. The van der Waals surface area contributed by atoms with Gasteiger partial charge in [-0.15, -0.1) is 0 Å². The smallest absolute Gasteiger partial charge is 0.216 e. The van der Waals surface area contributed by atoms with Crippen LogP contribution in [0.2, 0.25) is 0 Å². The number of hydrogen-bond donors (Lipinski definition) is 1. The first-order valence-electron chi connectivity index (χ1n) is 6.19. The number of carbonyl (C=O) groups excluding carboxylic acids is 1. The van der Waals surface area contributed by atoms with E-state index in [1.54, 1.807) is 7.05 Å². The molecular formula is C17H19NO. The minimum Gasteiger partial charge on any atom is -0.359 e. The van der Waals surface area contributed by atoms with Gasteiger partial charge in [-0.3, -0.25) is 4.79 Å². The van der Waals surface area contributed by atoms with Crippen LogP contribution in [0.1, 0.15) is 18.1 Å². The molecule has 0 fully saturated rings. The summed E-state index contributed by atoms with van der Waals surface area (Å²) in [5.74, 6) is 0.00463. The molecule has 2 nitrogen and oxygen atoms in total. The van der Waals surface area contributed by atoms with Crippen LogP contribution >= 0.6 is 0 Å². The first-order valence-corrected chi connectivity index (χ1v) is 6.19.